The molecule has 0 aromatic carbocycles. The summed E-state index contributed by atoms with van der Waals surface area (Å²) < 4.78 is 5.20. The van der Waals surface area contributed by atoms with E-state index in [2.05, 4.69) is 33.8 Å². The fourth-order valence-electron chi connectivity index (χ4n) is 9.29. The largest absolute Gasteiger partial charge is 0.469 e. The van der Waals surface area contributed by atoms with Gasteiger partial charge in [-0.2, -0.15) is 5.26 Å². The van der Waals surface area contributed by atoms with Gasteiger partial charge in [-0.3, -0.25) is 14.4 Å². The van der Waals surface area contributed by atoms with Gasteiger partial charge in [-0.25, -0.2) is 0 Å². The third-order valence-electron chi connectivity index (χ3n) is 12.0. The van der Waals surface area contributed by atoms with Crippen molar-refractivity contribution in [1.82, 2.24) is 0 Å². The van der Waals surface area contributed by atoms with E-state index in [9.17, 15) is 19.6 Å². The molecule has 0 spiro atoms. The summed E-state index contributed by atoms with van der Waals surface area (Å²) >= 11 is 0. The topological polar surface area (TPSA) is 84.2 Å². The van der Waals surface area contributed by atoms with Crippen LogP contribution in [-0.2, 0) is 19.1 Å². The number of carbonyl (C=O) groups excluding carboxylic acids is 3. The Balaban J connectivity index is 1.64. The highest BCUT2D eigenvalue weighted by molar-refractivity contribution is 6.01. The van der Waals surface area contributed by atoms with E-state index < -0.39 is 10.8 Å². The summed E-state index contributed by atoms with van der Waals surface area (Å²) in [7, 11) is 1.46. The van der Waals surface area contributed by atoms with E-state index in [0.717, 1.165) is 44.1 Å². The number of carbonyl (C=O) groups is 3. The first kappa shape index (κ1) is 24.5. The van der Waals surface area contributed by atoms with Crippen molar-refractivity contribution in [1.29, 1.82) is 5.26 Å². The van der Waals surface area contributed by atoms with Crippen molar-refractivity contribution < 1.29 is 19.1 Å². The molecule has 0 N–H and O–H groups in total. The maximum Gasteiger partial charge on any atom is 0.311 e. The van der Waals surface area contributed by atoms with Crippen molar-refractivity contribution in [3.8, 4) is 6.07 Å². The van der Waals surface area contributed by atoms with Crippen LogP contribution in [0.25, 0.3) is 0 Å². The van der Waals surface area contributed by atoms with E-state index in [-0.39, 0.29) is 57.1 Å². The zero-order valence-corrected chi connectivity index (χ0v) is 22.1. The Morgan fingerprint density at radius 3 is 2.40 bits per heavy atom. The molecule has 5 aliphatic rings. The lowest BCUT2D eigenvalue weighted by atomic mass is 9.35. The number of hydrogen-bond donors (Lipinski definition) is 0. The van der Waals surface area contributed by atoms with Crippen molar-refractivity contribution in [2.75, 3.05) is 7.11 Å². The minimum atomic E-state index is -0.555. The van der Waals surface area contributed by atoms with Crippen LogP contribution in [0.1, 0.15) is 86.0 Å². The summed E-state index contributed by atoms with van der Waals surface area (Å²) in [6, 6.07) is 2.12. The zero-order chi connectivity index (χ0) is 25.6. The van der Waals surface area contributed by atoms with Crippen LogP contribution < -0.4 is 0 Å². The lowest BCUT2D eigenvalue weighted by Gasteiger charge is -2.68. The first-order valence-corrected chi connectivity index (χ1v) is 13.3. The molecule has 0 amide bonds. The van der Waals surface area contributed by atoms with Gasteiger partial charge in [0.05, 0.1) is 18.1 Å². The Labute approximate surface area is 209 Å². The van der Waals surface area contributed by atoms with Crippen LogP contribution in [0.3, 0.4) is 0 Å². The lowest BCUT2D eigenvalue weighted by Crippen LogP contribution is -2.63. The fourth-order valence-corrected chi connectivity index (χ4v) is 9.29. The molecule has 0 heterocycles. The average Bonchev–Trinajstić information content (AvgIpc) is 2.81. The molecule has 0 aliphatic heterocycles. The summed E-state index contributed by atoms with van der Waals surface area (Å²) in [5, 5.41) is 9.63. The van der Waals surface area contributed by atoms with Crippen LogP contribution in [0.2, 0.25) is 0 Å². The van der Waals surface area contributed by atoms with Gasteiger partial charge in [0.15, 0.2) is 11.6 Å². The highest BCUT2D eigenvalue weighted by atomic mass is 16.5. The standard InChI is InChI=1S/C30H39NO4/c1-26-9-10-27(2,25(34)35-6)16-20(26)24-22(33)14-23-28(3)15-18(17-31)21(32)13-19(28)7-8-29(23,4)30(24,5)12-11-26/h14-15,19-20,24H,7-13,16H2,1-6H3/t19?,20?,24?,26?,27-,28?,29?,30-/m1/s1. The quantitative estimate of drug-likeness (QED) is 0.450. The minimum Gasteiger partial charge on any atom is -0.469 e. The molecule has 0 radical (unpaired) electrons. The number of rotatable bonds is 1. The number of Topliss-reactive ketones (excluding diaryl/α,β-unsaturated/α-hetero) is 1. The second-order valence-electron chi connectivity index (χ2n) is 13.5. The second kappa shape index (κ2) is 7.40. The van der Waals surface area contributed by atoms with Gasteiger partial charge >= 0.3 is 5.97 Å². The maximum atomic E-state index is 14.2. The summed E-state index contributed by atoms with van der Waals surface area (Å²) in [6.07, 6.45) is 10.5. The van der Waals surface area contributed by atoms with E-state index in [1.807, 2.05) is 19.1 Å². The first-order chi connectivity index (χ1) is 16.3. The molecule has 6 unspecified atom stereocenters. The van der Waals surface area contributed by atoms with Gasteiger partial charge in [-0.15, -0.1) is 0 Å². The Hall–Kier alpha value is -2.22. The molecule has 3 saturated carbocycles. The first-order valence-electron chi connectivity index (χ1n) is 13.3. The van der Waals surface area contributed by atoms with Gasteiger partial charge in [-0.1, -0.05) is 39.3 Å². The number of nitriles is 1. The number of ether oxygens (including phenoxy) is 1. The normalized spacial score (nSPS) is 48.8. The van der Waals surface area contributed by atoms with Gasteiger partial charge in [0.2, 0.25) is 0 Å². The third kappa shape index (κ3) is 3.01. The van der Waals surface area contributed by atoms with E-state index in [0.29, 0.717) is 12.8 Å². The average molecular weight is 478 g/mol. The van der Waals surface area contributed by atoms with Gasteiger partial charge in [0.25, 0.3) is 0 Å². The maximum absolute atomic E-state index is 14.2. The van der Waals surface area contributed by atoms with Crippen LogP contribution >= 0.6 is 0 Å². The van der Waals surface area contributed by atoms with Crippen LogP contribution in [0.5, 0.6) is 0 Å². The fraction of sp³-hybridized carbons (Fsp3) is 0.733. The monoisotopic (exact) mass is 477 g/mol. The van der Waals surface area contributed by atoms with Crippen molar-refractivity contribution in [2.45, 2.75) is 86.0 Å². The SMILES string of the molecule is COC(=O)[C@]1(C)CCC2(C)CC[C@]3(C)C(C(=O)C=C4C5(C)C=C(C#N)C(=O)CC5CCC43C)C2C1. The molecule has 8 atom stereocenters. The lowest BCUT2D eigenvalue weighted by molar-refractivity contribution is -0.178. The van der Waals surface area contributed by atoms with Gasteiger partial charge in [0.1, 0.15) is 6.07 Å². The number of ketones is 2. The number of esters is 1. The molecule has 0 bridgehead atoms. The third-order valence-corrected chi connectivity index (χ3v) is 12.0. The Kier molecular flexibility index (Phi) is 5.18. The van der Waals surface area contributed by atoms with Crippen LogP contribution in [-0.4, -0.2) is 24.6 Å². The molecule has 3 fully saturated rings. The highest BCUT2D eigenvalue weighted by Gasteiger charge is 2.68. The molecule has 35 heavy (non-hydrogen) atoms. The number of fused-ring (bicyclic) bond motifs is 7. The van der Waals surface area contributed by atoms with Crippen molar-refractivity contribution in [3.63, 3.8) is 0 Å². The molecule has 0 aromatic rings. The molecule has 5 aliphatic carbocycles. The highest BCUT2D eigenvalue weighted by Crippen LogP contribution is 2.73. The number of nitrogens with zero attached hydrogens (tertiary/aromatic N) is 1. The Bertz CT molecular complexity index is 1130. The van der Waals surface area contributed by atoms with Crippen molar-refractivity contribution in [2.24, 2.45) is 44.8 Å². The molecule has 5 rings (SSSR count). The van der Waals surface area contributed by atoms with Crippen LogP contribution in [0.15, 0.2) is 23.3 Å². The van der Waals surface area contributed by atoms with Gasteiger partial charge in [0, 0.05) is 17.8 Å². The van der Waals surface area contributed by atoms with Crippen molar-refractivity contribution in [3.05, 3.63) is 23.3 Å². The second-order valence-corrected chi connectivity index (χ2v) is 13.5. The zero-order valence-electron chi connectivity index (χ0n) is 22.1. The van der Waals surface area contributed by atoms with Crippen LogP contribution in [0, 0.1) is 56.2 Å². The summed E-state index contributed by atoms with van der Waals surface area (Å²) in [4.78, 5) is 39.5. The van der Waals surface area contributed by atoms with Crippen molar-refractivity contribution >= 4 is 17.5 Å². The molecule has 5 nitrogen and oxygen atoms in total. The molecule has 188 valence electrons. The number of allylic oxidation sites excluding steroid dienone is 4. The van der Waals surface area contributed by atoms with E-state index in [4.69, 9.17) is 4.74 Å². The molecular weight excluding hydrogens is 438 g/mol. The number of methoxy groups -OCH3 is 1. The Morgan fingerprint density at radius 1 is 1.06 bits per heavy atom. The van der Waals surface area contributed by atoms with E-state index in [1.54, 1.807) is 0 Å². The summed E-state index contributed by atoms with van der Waals surface area (Å²) in [6.45, 7) is 11.1. The molecular formula is C30H39NO4. The Morgan fingerprint density at radius 2 is 1.74 bits per heavy atom. The van der Waals surface area contributed by atoms with Gasteiger partial charge < -0.3 is 4.74 Å². The molecule has 0 saturated heterocycles. The van der Waals surface area contributed by atoms with Crippen LogP contribution in [0.4, 0.5) is 0 Å². The summed E-state index contributed by atoms with van der Waals surface area (Å²) in [5.41, 5.74) is -0.0333. The van der Waals surface area contributed by atoms with E-state index >= 15 is 0 Å². The molecule has 0 aromatic heterocycles. The van der Waals surface area contributed by atoms with Gasteiger partial charge in [-0.05, 0) is 86.0 Å². The molecule has 5 heteroatoms. The summed E-state index contributed by atoms with van der Waals surface area (Å²) in [5.74, 6) is 0.0740. The minimum absolute atomic E-state index is 0.0430. The smallest absolute Gasteiger partial charge is 0.311 e. The van der Waals surface area contributed by atoms with E-state index in [1.165, 1.54) is 7.11 Å². The number of hydrogen-bond acceptors (Lipinski definition) is 5. The predicted octanol–water partition coefficient (Wildman–Crippen LogP) is 5.74. The predicted molar refractivity (Wildman–Crippen MR) is 132 cm³/mol.